The van der Waals surface area contributed by atoms with E-state index in [-0.39, 0.29) is 5.41 Å². The van der Waals surface area contributed by atoms with Crippen LogP contribution in [0.3, 0.4) is 0 Å². The van der Waals surface area contributed by atoms with E-state index in [4.69, 9.17) is 0 Å². The van der Waals surface area contributed by atoms with E-state index in [1.54, 1.807) is 0 Å². The van der Waals surface area contributed by atoms with Crippen molar-refractivity contribution in [3.8, 4) is 6.07 Å². The van der Waals surface area contributed by atoms with Crippen molar-refractivity contribution in [1.29, 1.82) is 5.26 Å². The minimum absolute atomic E-state index is 0.274. The summed E-state index contributed by atoms with van der Waals surface area (Å²) in [6.45, 7) is 13.2. The highest BCUT2D eigenvalue weighted by Gasteiger charge is 2.32. The number of unbranched alkanes of at least 4 members (excludes halogenated alkanes) is 1. The standard InChI is InChI=1S/C31H43NO/c1-23(2)30(31(5,6)22-32)19-24(3)10-12-27-13-11-25(4)29(20-27)21-28-16-14-26(15-17-28)9-7-8-18-33/h11,13-18,20,23-24,30H,7-10,12,19,21H2,1-6H3. The summed E-state index contributed by atoms with van der Waals surface area (Å²) in [6.07, 6.45) is 7.83. The number of benzene rings is 2. The van der Waals surface area contributed by atoms with Crippen molar-refractivity contribution in [2.75, 3.05) is 0 Å². The van der Waals surface area contributed by atoms with Crippen molar-refractivity contribution in [3.63, 3.8) is 0 Å². The minimum atomic E-state index is -0.274. The molecular formula is C31H43NO. The summed E-state index contributed by atoms with van der Waals surface area (Å²) in [6, 6.07) is 18.3. The number of aldehydes is 1. The van der Waals surface area contributed by atoms with Gasteiger partial charge in [-0.1, -0.05) is 63.2 Å². The summed E-state index contributed by atoms with van der Waals surface area (Å²) in [5, 5.41) is 9.61. The molecule has 0 heterocycles. The Morgan fingerprint density at radius 2 is 1.61 bits per heavy atom. The van der Waals surface area contributed by atoms with Gasteiger partial charge in [0.15, 0.2) is 0 Å². The Morgan fingerprint density at radius 1 is 0.970 bits per heavy atom. The third kappa shape index (κ3) is 8.47. The quantitative estimate of drug-likeness (QED) is 0.232. The van der Waals surface area contributed by atoms with E-state index in [0.29, 0.717) is 24.2 Å². The molecule has 2 rings (SSSR count). The number of rotatable bonds is 13. The molecule has 178 valence electrons. The van der Waals surface area contributed by atoms with E-state index in [2.05, 4.69) is 90.1 Å². The van der Waals surface area contributed by atoms with Crippen LogP contribution in [0.4, 0.5) is 0 Å². The summed E-state index contributed by atoms with van der Waals surface area (Å²) in [5.41, 5.74) is 6.52. The van der Waals surface area contributed by atoms with Gasteiger partial charge in [-0.2, -0.15) is 5.26 Å². The lowest BCUT2D eigenvalue weighted by molar-refractivity contribution is -0.107. The molecule has 0 aliphatic heterocycles. The van der Waals surface area contributed by atoms with E-state index in [9.17, 15) is 10.1 Å². The summed E-state index contributed by atoms with van der Waals surface area (Å²) >= 11 is 0. The van der Waals surface area contributed by atoms with Crippen LogP contribution in [0, 0.1) is 41.4 Å². The number of hydrogen-bond acceptors (Lipinski definition) is 2. The van der Waals surface area contributed by atoms with Crippen LogP contribution in [-0.4, -0.2) is 6.29 Å². The average Bonchev–Trinajstić information content (AvgIpc) is 2.79. The van der Waals surface area contributed by atoms with Gasteiger partial charge in [-0.05, 0) is 105 Å². The number of carbonyl (C=O) groups excluding carboxylic acids is 1. The zero-order valence-electron chi connectivity index (χ0n) is 21.7. The highest BCUT2D eigenvalue weighted by molar-refractivity contribution is 5.49. The van der Waals surface area contributed by atoms with Gasteiger partial charge in [-0.15, -0.1) is 0 Å². The third-order valence-electron chi connectivity index (χ3n) is 7.22. The number of hydrogen-bond donors (Lipinski definition) is 0. The summed E-state index contributed by atoms with van der Waals surface area (Å²) in [4.78, 5) is 10.5. The molecule has 33 heavy (non-hydrogen) atoms. The van der Waals surface area contributed by atoms with Gasteiger partial charge in [-0.3, -0.25) is 0 Å². The van der Waals surface area contributed by atoms with E-state index in [1.807, 2.05) is 0 Å². The molecule has 0 aromatic heterocycles. The SMILES string of the molecule is Cc1ccc(CCC(C)CC(C(C)C)C(C)(C)C#N)cc1Cc1ccc(CCCC=O)cc1. The smallest absolute Gasteiger partial charge is 0.120 e. The van der Waals surface area contributed by atoms with E-state index in [1.165, 1.54) is 27.8 Å². The van der Waals surface area contributed by atoms with E-state index in [0.717, 1.165) is 44.8 Å². The van der Waals surface area contributed by atoms with Crippen LogP contribution in [0.2, 0.25) is 0 Å². The van der Waals surface area contributed by atoms with Gasteiger partial charge >= 0.3 is 0 Å². The van der Waals surface area contributed by atoms with Crippen molar-refractivity contribution in [2.45, 2.75) is 86.5 Å². The van der Waals surface area contributed by atoms with Gasteiger partial charge in [0, 0.05) is 6.42 Å². The molecule has 2 aromatic rings. The zero-order chi connectivity index (χ0) is 24.4. The molecule has 2 aromatic carbocycles. The lowest BCUT2D eigenvalue weighted by atomic mass is 9.69. The van der Waals surface area contributed by atoms with Gasteiger partial charge in [0.05, 0.1) is 11.5 Å². The van der Waals surface area contributed by atoms with E-state index >= 15 is 0 Å². The molecule has 0 fully saturated rings. The maximum absolute atomic E-state index is 10.5. The minimum Gasteiger partial charge on any atom is -0.303 e. The molecule has 0 amide bonds. The lowest BCUT2D eigenvalue weighted by Crippen LogP contribution is -2.28. The second-order valence-electron chi connectivity index (χ2n) is 10.9. The van der Waals surface area contributed by atoms with Crippen molar-refractivity contribution in [3.05, 3.63) is 70.3 Å². The molecule has 0 N–H and O–H groups in total. The topological polar surface area (TPSA) is 40.9 Å². The highest BCUT2D eigenvalue weighted by Crippen LogP contribution is 2.37. The Bertz CT molecular complexity index is 917. The van der Waals surface area contributed by atoms with Gasteiger partial charge in [-0.25, -0.2) is 0 Å². The highest BCUT2D eigenvalue weighted by atomic mass is 16.1. The number of nitrogens with zero attached hydrogens (tertiary/aromatic N) is 1. The van der Waals surface area contributed by atoms with Gasteiger partial charge in [0.25, 0.3) is 0 Å². The van der Waals surface area contributed by atoms with Crippen LogP contribution < -0.4 is 0 Å². The fraction of sp³-hybridized carbons (Fsp3) is 0.548. The predicted octanol–water partition coefficient (Wildman–Crippen LogP) is 7.89. The van der Waals surface area contributed by atoms with Crippen LogP contribution in [0.5, 0.6) is 0 Å². The Hall–Kier alpha value is -2.40. The van der Waals surface area contributed by atoms with E-state index < -0.39 is 0 Å². The number of carbonyl (C=O) groups is 1. The van der Waals surface area contributed by atoms with Gasteiger partial charge < -0.3 is 4.79 Å². The largest absolute Gasteiger partial charge is 0.303 e. The first-order chi connectivity index (χ1) is 15.7. The van der Waals surface area contributed by atoms with Crippen LogP contribution in [0.1, 0.15) is 88.1 Å². The Balaban J connectivity index is 1.98. The van der Waals surface area contributed by atoms with Gasteiger partial charge in [0.2, 0.25) is 0 Å². The second-order valence-corrected chi connectivity index (χ2v) is 10.9. The Morgan fingerprint density at radius 3 is 2.21 bits per heavy atom. The first-order valence-electron chi connectivity index (χ1n) is 12.7. The average molecular weight is 446 g/mol. The van der Waals surface area contributed by atoms with Crippen LogP contribution in [-0.2, 0) is 24.1 Å². The maximum atomic E-state index is 10.5. The molecule has 0 aliphatic rings. The molecule has 0 saturated heterocycles. The fourth-order valence-electron chi connectivity index (χ4n) is 4.95. The number of nitriles is 1. The Kier molecular flexibility index (Phi) is 10.4. The number of aryl methyl sites for hydroxylation is 3. The predicted molar refractivity (Wildman–Crippen MR) is 139 cm³/mol. The van der Waals surface area contributed by atoms with Crippen molar-refractivity contribution in [1.82, 2.24) is 0 Å². The lowest BCUT2D eigenvalue weighted by Gasteiger charge is -2.33. The molecule has 2 unspecified atom stereocenters. The molecule has 0 radical (unpaired) electrons. The summed E-state index contributed by atoms with van der Waals surface area (Å²) in [5.74, 6) is 1.54. The molecule has 0 bridgehead atoms. The van der Waals surface area contributed by atoms with Crippen LogP contribution in [0.15, 0.2) is 42.5 Å². The molecule has 2 heteroatoms. The van der Waals surface area contributed by atoms with Crippen molar-refractivity contribution < 1.29 is 4.79 Å². The molecule has 0 saturated carbocycles. The monoisotopic (exact) mass is 445 g/mol. The molecular weight excluding hydrogens is 402 g/mol. The molecule has 2 nitrogen and oxygen atoms in total. The third-order valence-corrected chi connectivity index (χ3v) is 7.22. The molecule has 0 spiro atoms. The van der Waals surface area contributed by atoms with Crippen LogP contribution >= 0.6 is 0 Å². The zero-order valence-corrected chi connectivity index (χ0v) is 21.7. The fourth-order valence-corrected chi connectivity index (χ4v) is 4.95. The first-order valence-corrected chi connectivity index (χ1v) is 12.7. The molecule has 0 aliphatic carbocycles. The normalized spacial score (nSPS) is 13.5. The van der Waals surface area contributed by atoms with Crippen LogP contribution in [0.25, 0.3) is 0 Å². The maximum Gasteiger partial charge on any atom is 0.120 e. The first kappa shape index (κ1) is 26.8. The summed E-state index contributed by atoms with van der Waals surface area (Å²) in [7, 11) is 0. The second kappa shape index (κ2) is 12.7. The summed E-state index contributed by atoms with van der Waals surface area (Å²) < 4.78 is 0. The Labute approximate surface area is 202 Å². The van der Waals surface area contributed by atoms with Crippen molar-refractivity contribution >= 4 is 6.29 Å². The van der Waals surface area contributed by atoms with Crippen molar-refractivity contribution in [2.24, 2.45) is 23.2 Å². The van der Waals surface area contributed by atoms with Gasteiger partial charge in [0.1, 0.15) is 6.29 Å². The molecule has 2 atom stereocenters.